The molecule has 0 unspecified atom stereocenters. The maximum atomic E-state index is 12.7. The number of carbonyl (C=O) groups excluding carboxylic acids is 1. The minimum atomic E-state index is -0.177. The van der Waals surface area contributed by atoms with E-state index in [1.807, 2.05) is 28.8 Å². The van der Waals surface area contributed by atoms with Crippen molar-refractivity contribution >= 4 is 27.5 Å². The zero-order valence-electron chi connectivity index (χ0n) is 18.1. The van der Waals surface area contributed by atoms with Crippen LogP contribution in [0.1, 0.15) is 30.9 Å². The van der Waals surface area contributed by atoms with Crippen LogP contribution < -0.4 is 14.3 Å². The molecule has 30 heavy (non-hydrogen) atoms. The number of carbonyl (C=O) groups is 1. The molecule has 0 aliphatic rings. The van der Waals surface area contributed by atoms with E-state index in [0.717, 1.165) is 15.8 Å². The highest BCUT2D eigenvalue weighted by molar-refractivity contribution is 7.16. The molecule has 0 aliphatic heterocycles. The van der Waals surface area contributed by atoms with Crippen molar-refractivity contribution < 1.29 is 19.0 Å². The Balaban J connectivity index is 1.97. The molecule has 0 aliphatic carbocycles. The van der Waals surface area contributed by atoms with Crippen molar-refractivity contribution in [3.63, 3.8) is 0 Å². The van der Waals surface area contributed by atoms with E-state index in [0.29, 0.717) is 35.4 Å². The van der Waals surface area contributed by atoms with E-state index < -0.39 is 0 Å². The number of rotatable bonds is 8. The summed E-state index contributed by atoms with van der Waals surface area (Å²) in [5.74, 6) is 1.57. The first kappa shape index (κ1) is 22.1. The van der Waals surface area contributed by atoms with Gasteiger partial charge < -0.3 is 18.8 Å². The third-order valence-corrected chi connectivity index (χ3v) is 5.97. The smallest absolute Gasteiger partial charge is 0.252 e. The maximum Gasteiger partial charge on any atom is 0.252 e. The number of aromatic nitrogens is 1. The number of nitrogens with zero attached hydrogens (tertiary/aromatic N) is 2. The van der Waals surface area contributed by atoms with Gasteiger partial charge in [-0.3, -0.25) is 4.79 Å². The molecule has 0 atom stereocenters. The van der Waals surface area contributed by atoms with Crippen LogP contribution in [-0.4, -0.2) is 38.4 Å². The third kappa shape index (κ3) is 4.91. The summed E-state index contributed by atoms with van der Waals surface area (Å²) in [5.41, 5.74) is 3.15. The fourth-order valence-electron chi connectivity index (χ4n) is 3.22. The third-order valence-electron chi connectivity index (χ3n) is 4.93. The molecule has 160 valence electrons. The normalized spacial score (nSPS) is 12.0. The van der Waals surface area contributed by atoms with Gasteiger partial charge >= 0.3 is 0 Å². The highest BCUT2D eigenvalue weighted by Crippen LogP contribution is 2.33. The zero-order valence-corrected chi connectivity index (χ0v) is 18.9. The molecule has 0 N–H and O–H groups in total. The molecule has 0 saturated carbocycles. The molecule has 7 heteroatoms. The van der Waals surface area contributed by atoms with Crippen molar-refractivity contribution in [2.45, 2.75) is 32.7 Å². The Hall–Kier alpha value is -2.64. The van der Waals surface area contributed by atoms with E-state index in [4.69, 9.17) is 14.2 Å². The summed E-state index contributed by atoms with van der Waals surface area (Å²) in [6.07, 6.45) is 0.267. The van der Waals surface area contributed by atoms with Crippen LogP contribution in [0, 0.1) is 0 Å². The summed E-state index contributed by atoms with van der Waals surface area (Å²) < 4.78 is 19.1. The predicted octanol–water partition coefficient (Wildman–Crippen LogP) is 4.16. The Morgan fingerprint density at radius 1 is 1.07 bits per heavy atom. The van der Waals surface area contributed by atoms with Crippen LogP contribution in [0.3, 0.4) is 0 Å². The number of hydrogen-bond acceptors (Lipinski definition) is 5. The van der Waals surface area contributed by atoms with Gasteiger partial charge in [0.1, 0.15) is 0 Å². The lowest BCUT2D eigenvalue weighted by molar-refractivity contribution is -0.117. The van der Waals surface area contributed by atoms with Gasteiger partial charge in [0, 0.05) is 25.8 Å². The minimum Gasteiger partial charge on any atom is -0.493 e. The highest BCUT2D eigenvalue weighted by Gasteiger charge is 2.13. The first-order chi connectivity index (χ1) is 14.5. The van der Waals surface area contributed by atoms with Crippen molar-refractivity contribution in [1.29, 1.82) is 0 Å². The number of amides is 1. The van der Waals surface area contributed by atoms with Crippen molar-refractivity contribution in [3.8, 4) is 11.5 Å². The number of hydrogen-bond donors (Lipinski definition) is 0. The van der Waals surface area contributed by atoms with Crippen LogP contribution in [0.15, 0.2) is 41.4 Å². The van der Waals surface area contributed by atoms with Crippen LogP contribution in [0.2, 0.25) is 0 Å². The molecule has 0 saturated heterocycles. The first-order valence-electron chi connectivity index (χ1n) is 9.87. The molecule has 0 fully saturated rings. The van der Waals surface area contributed by atoms with Crippen molar-refractivity contribution in [2.24, 2.45) is 4.99 Å². The second kappa shape index (κ2) is 9.91. The standard InChI is InChI=1S/C23H28N2O4S/c1-15(2)17-8-6-16(7-9-17)12-22(26)24-23-25(10-11-27-3)18-13-19(28-4)20(29-5)14-21(18)30-23/h6-9,13-15H,10-12H2,1-5H3. The molecule has 1 aromatic heterocycles. The van der Waals surface area contributed by atoms with Crippen molar-refractivity contribution in [2.75, 3.05) is 27.9 Å². The maximum absolute atomic E-state index is 12.7. The lowest BCUT2D eigenvalue weighted by atomic mass is 10.0. The summed E-state index contributed by atoms with van der Waals surface area (Å²) in [4.78, 5) is 17.8. The van der Waals surface area contributed by atoms with E-state index in [9.17, 15) is 4.79 Å². The van der Waals surface area contributed by atoms with Crippen molar-refractivity contribution in [1.82, 2.24) is 4.57 Å². The molecular weight excluding hydrogens is 400 g/mol. The molecular formula is C23H28N2O4S. The second-order valence-corrected chi connectivity index (χ2v) is 8.29. The Morgan fingerprint density at radius 2 is 1.73 bits per heavy atom. The van der Waals surface area contributed by atoms with Crippen LogP contribution in [0.25, 0.3) is 10.2 Å². The summed E-state index contributed by atoms with van der Waals surface area (Å²) >= 11 is 1.45. The van der Waals surface area contributed by atoms with Gasteiger partial charge in [0.05, 0.1) is 37.5 Å². The van der Waals surface area contributed by atoms with E-state index in [1.165, 1.54) is 16.9 Å². The van der Waals surface area contributed by atoms with Crippen LogP contribution in [0.5, 0.6) is 11.5 Å². The average molecular weight is 429 g/mol. The molecule has 0 radical (unpaired) electrons. The molecule has 3 aromatic rings. The fraction of sp³-hybridized carbons (Fsp3) is 0.391. The summed E-state index contributed by atoms with van der Waals surface area (Å²) in [5, 5.41) is 0. The van der Waals surface area contributed by atoms with Crippen LogP contribution in [0.4, 0.5) is 0 Å². The molecule has 3 rings (SSSR count). The predicted molar refractivity (Wildman–Crippen MR) is 120 cm³/mol. The van der Waals surface area contributed by atoms with E-state index in [-0.39, 0.29) is 12.3 Å². The number of benzene rings is 2. The summed E-state index contributed by atoms with van der Waals surface area (Å²) in [6.45, 7) is 5.40. The average Bonchev–Trinajstić information content (AvgIpc) is 3.06. The fourth-order valence-corrected chi connectivity index (χ4v) is 4.31. The number of methoxy groups -OCH3 is 3. The van der Waals surface area contributed by atoms with E-state index >= 15 is 0 Å². The number of fused-ring (bicyclic) bond motifs is 1. The molecule has 1 amide bonds. The lowest BCUT2D eigenvalue weighted by Gasteiger charge is -2.09. The Morgan fingerprint density at radius 3 is 2.33 bits per heavy atom. The van der Waals surface area contributed by atoms with Gasteiger partial charge in [-0.05, 0) is 17.0 Å². The lowest BCUT2D eigenvalue weighted by Crippen LogP contribution is -2.19. The quantitative estimate of drug-likeness (QED) is 0.541. The van der Waals surface area contributed by atoms with Crippen molar-refractivity contribution in [3.05, 3.63) is 52.3 Å². The Bertz CT molecular complexity index is 1080. The van der Waals surface area contributed by atoms with E-state index in [1.54, 1.807) is 21.3 Å². The SMILES string of the molecule is COCCn1c(=NC(=O)Cc2ccc(C(C)C)cc2)sc2cc(OC)c(OC)cc21. The molecule has 0 bridgehead atoms. The minimum absolute atomic E-state index is 0.177. The van der Waals surface area contributed by atoms with Gasteiger partial charge in [0.15, 0.2) is 16.3 Å². The summed E-state index contributed by atoms with van der Waals surface area (Å²) in [7, 11) is 4.87. The molecule has 0 spiro atoms. The van der Waals surface area contributed by atoms with Gasteiger partial charge in [-0.25, -0.2) is 0 Å². The summed E-state index contributed by atoms with van der Waals surface area (Å²) in [6, 6.07) is 12.0. The zero-order chi connectivity index (χ0) is 21.7. The Labute approximate surface area is 180 Å². The van der Waals surface area contributed by atoms with Gasteiger partial charge in [0.2, 0.25) is 0 Å². The first-order valence-corrected chi connectivity index (χ1v) is 10.7. The second-order valence-electron chi connectivity index (χ2n) is 7.28. The van der Waals surface area contributed by atoms with Crippen LogP contribution >= 0.6 is 11.3 Å². The number of ether oxygens (including phenoxy) is 3. The number of thiazole rings is 1. The van der Waals surface area contributed by atoms with Crippen LogP contribution in [-0.2, 0) is 22.5 Å². The van der Waals surface area contributed by atoms with Gasteiger partial charge in [0.25, 0.3) is 5.91 Å². The Kier molecular flexibility index (Phi) is 7.29. The van der Waals surface area contributed by atoms with Gasteiger partial charge in [-0.15, -0.1) is 0 Å². The van der Waals surface area contributed by atoms with Gasteiger partial charge in [-0.2, -0.15) is 4.99 Å². The monoisotopic (exact) mass is 428 g/mol. The largest absolute Gasteiger partial charge is 0.493 e. The van der Waals surface area contributed by atoms with Gasteiger partial charge in [-0.1, -0.05) is 49.4 Å². The topological polar surface area (TPSA) is 62.1 Å². The molecule has 6 nitrogen and oxygen atoms in total. The van der Waals surface area contributed by atoms with E-state index in [2.05, 4.69) is 31.0 Å². The highest BCUT2D eigenvalue weighted by atomic mass is 32.1. The molecule has 2 aromatic carbocycles. The molecule has 1 heterocycles.